The maximum absolute atomic E-state index is 11.9. The Morgan fingerprint density at radius 2 is 2.21 bits per heavy atom. The quantitative estimate of drug-likeness (QED) is 0.587. The van der Waals surface area contributed by atoms with E-state index in [1.165, 1.54) is 11.8 Å². The van der Waals surface area contributed by atoms with Crippen molar-refractivity contribution < 1.29 is 14.3 Å². The van der Waals surface area contributed by atoms with Gasteiger partial charge in [0.05, 0.1) is 12.4 Å². The third-order valence-electron chi connectivity index (χ3n) is 2.55. The van der Waals surface area contributed by atoms with Crippen LogP contribution < -0.4 is 10.1 Å². The van der Waals surface area contributed by atoms with E-state index in [4.69, 9.17) is 9.47 Å². The minimum atomic E-state index is -0.130. The molecule has 4 nitrogen and oxygen atoms in total. The molecular formula is C14H21NO3S. The molecule has 1 N–H and O–H groups in total. The predicted octanol–water partition coefficient (Wildman–Crippen LogP) is 2.33. The average Bonchev–Trinajstić information content (AvgIpc) is 2.43. The van der Waals surface area contributed by atoms with Crippen LogP contribution in [0.5, 0.6) is 5.75 Å². The Labute approximate surface area is 118 Å². The fourth-order valence-electron chi connectivity index (χ4n) is 1.50. The summed E-state index contributed by atoms with van der Waals surface area (Å²) in [6.07, 6.45) is 0.832. The number of benzene rings is 1. The Morgan fingerprint density at radius 3 is 2.89 bits per heavy atom. The largest absolute Gasteiger partial charge is 0.497 e. The molecule has 0 aliphatic rings. The molecule has 1 rings (SSSR count). The lowest BCUT2D eigenvalue weighted by Gasteiger charge is -2.12. The van der Waals surface area contributed by atoms with E-state index in [1.54, 1.807) is 14.2 Å². The first kappa shape index (κ1) is 15.9. The van der Waals surface area contributed by atoms with Gasteiger partial charge >= 0.3 is 0 Å². The highest BCUT2D eigenvalue weighted by molar-refractivity contribution is 8.00. The van der Waals surface area contributed by atoms with E-state index in [0.717, 1.165) is 17.1 Å². The van der Waals surface area contributed by atoms with Gasteiger partial charge in [0.25, 0.3) is 0 Å². The van der Waals surface area contributed by atoms with Crippen LogP contribution in [0.4, 0.5) is 0 Å². The highest BCUT2D eigenvalue weighted by atomic mass is 32.2. The molecule has 0 radical (unpaired) electrons. The smallest absolute Gasteiger partial charge is 0.233 e. The molecule has 1 unspecified atom stereocenters. The fraction of sp³-hybridized carbons (Fsp3) is 0.500. The number of nitrogens with one attached hydrogen (secondary N) is 1. The molecule has 0 saturated carbocycles. The standard InChI is InChI=1S/C14H21NO3S/c1-11(14(16)15-8-5-9-17-2)19-13-7-4-6-12(10-13)18-3/h4,6-7,10-11H,5,8-9H2,1-3H3,(H,15,16). The second-order valence-corrected chi connectivity index (χ2v) is 5.49. The zero-order valence-electron chi connectivity index (χ0n) is 11.6. The van der Waals surface area contributed by atoms with Crippen molar-refractivity contribution in [2.75, 3.05) is 27.4 Å². The van der Waals surface area contributed by atoms with Crippen molar-refractivity contribution in [1.82, 2.24) is 5.32 Å². The summed E-state index contributed by atoms with van der Waals surface area (Å²) in [5, 5.41) is 2.77. The van der Waals surface area contributed by atoms with Gasteiger partial charge in [-0.1, -0.05) is 6.07 Å². The first-order valence-electron chi connectivity index (χ1n) is 6.24. The lowest BCUT2D eigenvalue weighted by atomic mass is 10.3. The van der Waals surface area contributed by atoms with Crippen LogP contribution in [0.3, 0.4) is 0 Å². The van der Waals surface area contributed by atoms with E-state index < -0.39 is 0 Å². The lowest BCUT2D eigenvalue weighted by Crippen LogP contribution is -2.32. The molecule has 1 aromatic rings. The molecule has 0 spiro atoms. The number of methoxy groups -OCH3 is 2. The summed E-state index contributed by atoms with van der Waals surface area (Å²) < 4.78 is 10.1. The first-order valence-corrected chi connectivity index (χ1v) is 7.12. The zero-order chi connectivity index (χ0) is 14.1. The molecule has 0 bridgehead atoms. The number of hydrogen-bond donors (Lipinski definition) is 1. The van der Waals surface area contributed by atoms with Crippen LogP contribution in [-0.4, -0.2) is 38.5 Å². The van der Waals surface area contributed by atoms with Crippen LogP contribution in [0.15, 0.2) is 29.2 Å². The van der Waals surface area contributed by atoms with Crippen molar-refractivity contribution in [1.29, 1.82) is 0 Å². The topological polar surface area (TPSA) is 47.6 Å². The van der Waals surface area contributed by atoms with Crippen molar-refractivity contribution in [2.24, 2.45) is 0 Å². The Kier molecular flexibility index (Phi) is 7.36. The number of amides is 1. The van der Waals surface area contributed by atoms with Crippen LogP contribution in [0, 0.1) is 0 Å². The van der Waals surface area contributed by atoms with E-state index in [1.807, 2.05) is 31.2 Å². The molecule has 0 heterocycles. The Bertz CT molecular complexity index is 398. The van der Waals surface area contributed by atoms with E-state index in [-0.39, 0.29) is 11.2 Å². The van der Waals surface area contributed by atoms with Gasteiger partial charge in [-0.2, -0.15) is 0 Å². The number of thioether (sulfide) groups is 1. The summed E-state index contributed by atoms with van der Waals surface area (Å²) in [6.45, 7) is 3.21. The van der Waals surface area contributed by atoms with Crippen molar-refractivity contribution in [3.8, 4) is 5.75 Å². The summed E-state index contributed by atoms with van der Waals surface area (Å²) in [6, 6.07) is 7.71. The summed E-state index contributed by atoms with van der Waals surface area (Å²) in [5.74, 6) is 0.849. The SMILES string of the molecule is COCCCNC(=O)C(C)Sc1cccc(OC)c1. The maximum atomic E-state index is 11.9. The summed E-state index contributed by atoms with van der Waals surface area (Å²) in [7, 11) is 3.29. The molecule has 5 heteroatoms. The number of carbonyl (C=O) groups is 1. The highest BCUT2D eigenvalue weighted by Crippen LogP contribution is 2.26. The van der Waals surface area contributed by atoms with Crippen LogP contribution in [0.1, 0.15) is 13.3 Å². The second-order valence-electron chi connectivity index (χ2n) is 4.08. The fourth-order valence-corrected chi connectivity index (χ4v) is 2.44. The second kappa shape index (κ2) is 8.82. The summed E-state index contributed by atoms with van der Waals surface area (Å²) >= 11 is 1.52. The van der Waals surface area contributed by atoms with Gasteiger partial charge < -0.3 is 14.8 Å². The van der Waals surface area contributed by atoms with E-state index in [2.05, 4.69) is 5.32 Å². The van der Waals surface area contributed by atoms with Gasteiger partial charge in [0.15, 0.2) is 0 Å². The molecule has 0 aromatic heterocycles. The van der Waals surface area contributed by atoms with Gasteiger partial charge in [-0.25, -0.2) is 0 Å². The normalized spacial score (nSPS) is 11.9. The van der Waals surface area contributed by atoms with Crippen LogP contribution in [0.25, 0.3) is 0 Å². The molecule has 1 atom stereocenters. The monoisotopic (exact) mass is 283 g/mol. The van der Waals surface area contributed by atoms with Gasteiger partial charge in [-0.05, 0) is 31.5 Å². The van der Waals surface area contributed by atoms with Crippen LogP contribution in [0.2, 0.25) is 0 Å². The molecule has 0 aliphatic carbocycles. The van der Waals surface area contributed by atoms with Crippen LogP contribution in [-0.2, 0) is 9.53 Å². The van der Waals surface area contributed by atoms with Crippen LogP contribution >= 0.6 is 11.8 Å². The predicted molar refractivity (Wildman–Crippen MR) is 77.8 cm³/mol. The summed E-state index contributed by atoms with van der Waals surface area (Å²) in [5.41, 5.74) is 0. The van der Waals surface area contributed by atoms with Gasteiger partial charge in [0, 0.05) is 25.2 Å². The van der Waals surface area contributed by atoms with Crippen molar-refractivity contribution in [2.45, 2.75) is 23.5 Å². The Balaban J connectivity index is 2.40. The van der Waals surface area contributed by atoms with E-state index in [0.29, 0.717) is 13.2 Å². The Morgan fingerprint density at radius 1 is 1.42 bits per heavy atom. The zero-order valence-corrected chi connectivity index (χ0v) is 12.5. The van der Waals surface area contributed by atoms with E-state index >= 15 is 0 Å². The number of rotatable bonds is 8. The number of ether oxygens (including phenoxy) is 2. The average molecular weight is 283 g/mol. The van der Waals surface area contributed by atoms with E-state index in [9.17, 15) is 4.79 Å². The lowest BCUT2D eigenvalue weighted by molar-refractivity contribution is -0.120. The van der Waals surface area contributed by atoms with Gasteiger partial charge in [0.2, 0.25) is 5.91 Å². The first-order chi connectivity index (χ1) is 9.17. The molecular weight excluding hydrogens is 262 g/mol. The number of hydrogen-bond acceptors (Lipinski definition) is 4. The van der Waals surface area contributed by atoms with Crippen molar-refractivity contribution >= 4 is 17.7 Å². The molecule has 1 amide bonds. The number of carbonyl (C=O) groups excluding carboxylic acids is 1. The molecule has 0 fully saturated rings. The minimum Gasteiger partial charge on any atom is -0.497 e. The van der Waals surface area contributed by atoms with Crippen molar-refractivity contribution in [3.63, 3.8) is 0 Å². The summed E-state index contributed by atoms with van der Waals surface area (Å²) in [4.78, 5) is 12.9. The third kappa shape index (κ3) is 5.98. The highest BCUT2D eigenvalue weighted by Gasteiger charge is 2.13. The van der Waals surface area contributed by atoms with Gasteiger partial charge in [-0.15, -0.1) is 11.8 Å². The van der Waals surface area contributed by atoms with Gasteiger partial charge in [0.1, 0.15) is 5.75 Å². The molecule has 0 aliphatic heterocycles. The third-order valence-corrected chi connectivity index (χ3v) is 3.64. The molecule has 106 valence electrons. The molecule has 19 heavy (non-hydrogen) atoms. The molecule has 1 aromatic carbocycles. The van der Waals surface area contributed by atoms with Crippen molar-refractivity contribution in [3.05, 3.63) is 24.3 Å². The Hall–Kier alpha value is -1.20. The molecule has 0 saturated heterocycles. The van der Waals surface area contributed by atoms with Gasteiger partial charge in [-0.3, -0.25) is 4.79 Å². The maximum Gasteiger partial charge on any atom is 0.233 e. The minimum absolute atomic E-state index is 0.0453.